The summed E-state index contributed by atoms with van der Waals surface area (Å²) in [4.78, 5) is 0. The quantitative estimate of drug-likeness (QED) is 0.116. The molecule has 0 N–H and O–H groups in total. The van der Waals surface area contributed by atoms with Gasteiger partial charge in [-0.3, -0.25) is 0 Å². The van der Waals surface area contributed by atoms with E-state index >= 15 is 0 Å². The summed E-state index contributed by atoms with van der Waals surface area (Å²) < 4.78 is 34.7. The average molecular weight is 543 g/mol. The second-order valence-electron chi connectivity index (χ2n) is 11.0. The normalized spacial score (nSPS) is 19.2. The number of epoxide rings is 2. The number of ether oxygens (including phenoxy) is 6. The Hall–Kier alpha value is -3.48. The van der Waals surface area contributed by atoms with Gasteiger partial charge in [0.05, 0.1) is 50.8 Å². The third kappa shape index (κ3) is 7.58. The Labute approximate surface area is 236 Å². The summed E-state index contributed by atoms with van der Waals surface area (Å²) in [7, 11) is 0. The summed E-state index contributed by atoms with van der Waals surface area (Å²) in [5.74, 6) is 3.55. The first-order chi connectivity index (χ1) is 19.6. The summed E-state index contributed by atoms with van der Waals surface area (Å²) in [6.45, 7) is 7.22. The Bertz CT molecular complexity index is 1320. The minimum atomic E-state index is 0.146. The number of hydrogen-bond donors (Lipinski definition) is 0. The maximum Gasteiger partial charge on any atom is 0.120 e. The molecule has 4 aromatic rings. The zero-order valence-electron chi connectivity index (χ0n) is 23.3. The minimum Gasteiger partial charge on any atom is -0.494 e. The molecule has 4 unspecified atom stereocenters. The van der Waals surface area contributed by atoms with E-state index in [9.17, 15) is 0 Å². The van der Waals surface area contributed by atoms with E-state index in [0.717, 1.165) is 83.4 Å². The molecule has 0 bridgehead atoms. The van der Waals surface area contributed by atoms with Crippen LogP contribution in [-0.4, -0.2) is 50.8 Å². The number of benzene rings is 4. The molecule has 2 saturated heterocycles. The topological polar surface area (TPSA) is 62.0 Å². The van der Waals surface area contributed by atoms with Gasteiger partial charge in [0, 0.05) is 12.8 Å². The smallest absolute Gasteiger partial charge is 0.120 e. The van der Waals surface area contributed by atoms with E-state index in [2.05, 4.69) is 62.4 Å². The first-order valence-electron chi connectivity index (χ1n) is 14.5. The van der Waals surface area contributed by atoms with Crippen molar-refractivity contribution in [2.75, 3.05) is 26.4 Å². The van der Waals surface area contributed by atoms with Crippen molar-refractivity contribution in [3.05, 3.63) is 72.8 Å². The van der Waals surface area contributed by atoms with Crippen LogP contribution in [0.4, 0.5) is 0 Å². The average Bonchev–Trinajstić information content (AvgIpc) is 3.89. The number of unbranched alkanes of at least 4 members (excludes halogenated alkanes) is 1. The third-order valence-electron chi connectivity index (χ3n) is 7.31. The second kappa shape index (κ2) is 12.4. The van der Waals surface area contributed by atoms with Gasteiger partial charge in [0.1, 0.15) is 23.0 Å². The molecule has 2 aliphatic rings. The Morgan fingerprint density at radius 1 is 0.575 bits per heavy atom. The zero-order chi connectivity index (χ0) is 27.3. The van der Waals surface area contributed by atoms with Crippen molar-refractivity contribution in [3.63, 3.8) is 0 Å². The van der Waals surface area contributed by atoms with E-state index in [0.29, 0.717) is 25.4 Å². The molecule has 0 aromatic heterocycles. The lowest BCUT2D eigenvalue weighted by molar-refractivity contribution is 0.194. The van der Waals surface area contributed by atoms with Crippen molar-refractivity contribution in [3.8, 4) is 23.0 Å². The van der Waals surface area contributed by atoms with Crippen LogP contribution in [0, 0.1) is 0 Å². The highest BCUT2D eigenvalue weighted by Crippen LogP contribution is 2.28. The van der Waals surface area contributed by atoms with Crippen LogP contribution in [0.3, 0.4) is 0 Å². The molecule has 6 nitrogen and oxygen atoms in total. The van der Waals surface area contributed by atoms with Crippen molar-refractivity contribution in [1.29, 1.82) is 0 Å². The van der Waals surface area contributed by atoms with Crippen LogP contribution in [0.2, 0.25) is 0 Å². The molecule has 2 aliphatic heterocycles. The molecule has 6 heteroatoms. The lowest BCUT2D eigenvalue weighted by atomic mass is 10.1. The summed E-state index contributed by atoms with van der Waals surface area (Å²) in [5, 5.41) is 4.57. The fourth-order valence-electron chi connectivity index (χ4n) is 5.02. The van der Waals surface area contributed by atoms with Gasteiger partial charge in [-0.25, -0.2) is 0 Å². The molecule has 4 aromatic carbocycles. The van der Waals surface area contributed by atoms with E-state index in [-0.39, 0.29) is 12.2 Å². The number of fused-ring (bicyclic) bond motifs is 2. The van der Waals surface area contributed by atoms with E-state index in [1.165, 1.54) is 0 Å². The molecule has 6 rings (SSSR count). The molecule has 2 fully saturated rings. The predicted molar refractivity (Wildman–Crippen MR) is 157 cm³/mol. The Morgan fingerprint density at radius 2 is 0.925 bits per heavy atom. The molecule has 40 heavy (non-hydrogen) atoms. The van der Waals surface area contributed by atoms with Crippen molar-refractivity contribution in [2.24, 2.45) is 0 Å². The molecule has 0 saturated carbocycles. The van der Waals surface area contributed by atoms with Crippen LogP contribution in [0.15, 0.2) is 72.8 Å². The van der Waals surface area contributed by atoms with E-state index < -0.39 is 0 Å². The second-order valence-corrected chi connectivity index (χ2v) is 11.0. The summed E-state index contributed by atoms with van der Waals surface area (Å²) in [6, 6.07) is 24.8. The highest BCUT2D eigenvalue weighted by molar-refractivity contribution is 5.86. The van der Waals surface area contributed by atoms with Gasteiger partial charge in [0.2, 0.25) is 0 Å². The monoisotopic (exact) mass is 542 g/mol. The molecule has 0 amide bonds. The Morgan fingerprint density at radius 3 is 1.30 bits per heavy atom. The lowest BCUT2D eigenvalue weighted by Gasteiger charge is -2.14. The molecular weight excluding hydrogens is 504 g/mol. The van der Waals surface area contributed by atoms with Crippen LogP contribution in [0.1, 0.15) is 39.5 Å². The lowest BCUT2D eigenvalue weighted by Crippen LogP contribution is -2.14. The van der Waals surface area contributed by atoms with Gasteiger partial charge in [-0.15, -0.1) is 0 Å². The molecular formula is C34H38O6. The van der Waals surface area contributed by atoms with Gasteiger partial charge in [-0.1, -0.05) is 24.3 Å². The Balaban J connectivity index is 0.917. The van der Waals surface area contributed by atoms with Crippen LogP contribution in [-0.2, 0) is 9.47 Å². The fourth-order valence-corrected chi connectivity index (χ4v) is 5.02. The van der Waals surface area contributed by atoms with Crippen LogP contribution < -0.4 is 18.9 Å². The van der Waals surface area contributed by atoms with Gasteiger partial charge >= 0.3 is 0 Å². The maximum absolute atomic E-state index is 6.06. The van der Waals surface area contributed by atoms with Crippen molar-refractivity contribution in [2.45, 2.75) is 63.9 Å². The van der Waals surface area contributed by atoms with Gasteiger partial charge in [0.25, 0.3) is 0 Å². The highest BCUT2D eigenvalue weighted by atomic mass is 16.6. The molecule has 4 atom stereocenters. The van der Waals surface area contributed by atoms with Crippen molar-refractivity contribution >= 4 is 21.5 Å². The van der Waals surface area contributed by atoms with E-state index in [4.69, 9.17) is 28.4 Å². The van der Waals surface area contributed by atoms with Crippen LogP contribution in [0.25, 0.3) is 21.5 Å². The van der Waals surface area contributed by atoms with Crippen LogP contribution >= 0.6 is 0 Å². The van der Waals surface area contributed by atoms with Crippen molar-refractivity contribution in [1.82, 2.24) is 0 Å². The molecule has 0 aliphatic carbocycles. The van der Waals surface area contributed by atoms with Gasteiger partial charge < -0.3 is 28.4 Å². The first-order valence-corrected chi connectivity index (χ1v) is 14.5. The standard InChI is InChI=1S/C34H38O6/c1-23(15-33-21-37-33)39-31-11-7-25-17-29(9-5-27(25)19-31)35-13-3-4-14-36-30-10-6-28-20-32(12-8-26(28)18-30)40-24(2)16-34-22-38-34/h5-12,17-20,23-24,33-34H,3-4,13-16,21-22H2,1-2H3. The Kier molecular flexibility index (Phi) is 8.26. The molecule has 210 valence electrons. The van der Waals surface area contributed by atoms with Gasteiger partial charge in [-0.05, 0) is 96.8 Å². The third-order valence-corrected chi connectivity index (χ3v) is 7.31. The maximum atomic E-state index is 6.06. The van der Waals surface area contributed by atoms with Crippen molar-refractivity contribution < 1.29 is 28.4 Å². The number of rotatable bonds is 15. The molecule has 2 heterocycles. The fraction of sp³-hybridized carbons (Fsp3) is 0.412. The number of hydrogen-bond acceptors (Lipinski definition) is 6. The van der Waals surface area contributed by atoms with Gasteiger partial charge in [-0.2, -0.15) is 0 Å². The molecule has 0 radical (unpaired) electrons. The SMILES string of the molecule is CC(CC1CO1)Oc1ccc2cc(OCCCCOc3ccc4cc(OC(C)CC5CO5)ccc4c3)ccc2c1. The van der Waals surface area contributed by atoms with E-state index in [1.54, 1.807) is 0 Å². The largest absolute Gasteiger partial charge is 0.494 e. The predicted octanol–water partition coefficient (Wildman–Crippen LogP) is 7.34. The highest BCUT2D eigenvalue weighted by Gasteiger charge is 2.26. The minimum absolute atomic E-state index is 0.146. The van der Waals surface area contributed by atoms with Gasteiger partial charge in [0.15, 0.2) is 0 Å². The van der Waals surface area contributed by atoms with E-state index in [1.807, 2.05) is 24.3 Å². The first kappa shape index (κ1) is 26.7. The summed E-state index contributed by atoms with van der Waals surface area (Å²) in [6.07, 6.45) is 4.75. The molecule has 0 spiro atoms. The summed E-state index contributed by atoms with van der Waals surface area (Å²) in [5.41, 5.74) is 0. The van der Waals surface area contributed by atoms with Crippen LogP contribution in [0.5, 0.6) is 23.0 Å². The summed E-state index contributed by atoms with van der Waals surface area (Å²) >= 11 is 0. The zero-order valence-corrected chi connectivity index (χ0v) is 23.3.